The van der Waals surface area contributed by atoms with Gasteiger partial charge in [-0.05, 0) is 43.4 Å². The molecule has 1 amide bonds. The third-order valence-corrected chi connectivity index (χ3v) is 5.53. The molecule has 2 nitrogen and oxygen atoms in total. The number of likely N-dealkylation sites (tertiary alicyclic amines) is 1. The van der Waals surface area contributed by atoms with Gasteiger partial charge >= 0.3 is 0 Å². The zero-order chi connectivity index (χ0) is 14.5. The smallest absolute Gasteiger partial charge is 0.235 e. The first-order valence-corrected chi connectivity index (χ1v) is 9.05. The largest absolute Gasteiger partial charge is 0.342 e. The van der Waals surface area contributed by atoms with Crippen molar-refractivity contribution in [3.63, 3.8) is 0 Å². The molecular formula is C16H22BrNOS. The van der Waals surface area contributed by atoms with Gasteiger partial charge in [-0.2, -0.15) is 0 Å². The molecule has 1 fully saturated rings. The van der Waals surface area contributed by atoms with Gasteiger partial charge < -0.3 is 4.90 Å². The van der Waals surface area contributed by atoms with Crippen molar-refractivity contribution in [1.29, 1.82) is 0 Å². The molecule has 110 valence electrons. The molecule has 1 atom stereocenters. The molecule has 1 saturated heterocycles. The maximum absolute atomic E-state index is 12.4. The maximum Gasteiger partial charge on any atom is 0.235 e. The summed E-state index contributed by atoms with van der Waals surface area (Å²) in [6.07, 6.45) is 2.30. The van der Waals surface area contributed by atoms with Gasteiger partial charge in [0.1, 0.15) is 0 Å². The van der Waals surface area contributed by atoms with Crippen LogP contribution < -0.4 is 0 Å². The Kier molecular flexibility index (Phi) is 5.97. The van der Waals surface area contributed by atoms with Gasteiger partial charge in [-0.3, -0.25) is 4.79 Å². The van der Waals surface area contributed by atoms with E-state index in [1.54, 1.807) is 11.8 Å². The van der Waals surface area contributed by atoms with E-state index in [-0.39, 0.29) is 5.25 Å². The van der Waals surface area contributed by atoms with Gasteiger partial charge in [0.05, 0.1) is 5.25 Å². The zero-order valence-electron chi connectivity index (χ0n) is 12.1. The number of hydrogen-bond acceptors (Lipinski definition) is 2. The fourth-order valence-corrected chi connectivity index (χ4v) is 3.77. The molecule has 2 rings (SSSR count). The average Bonchev–Trinajstić information content (AvgIpc) is 2.45. The van der Waals surface area contributed by atoms with Crippen molar-refractivity contribution < 1.29 is 4.79 Å². The van der Waals surface area contributed by atoms with Crippen LogP contribution in [0.1, 0.15) is 32.3 Å². The number of halogens is 1. The molecular weight excluding hydrogens is 334 g/mol. The van der Waals surface area contributed by atoms with Crippen LogP contribution >= 0.6 is 27.7 Å². The highest BCUT2D eigenvalue weighted by Crippen LogP contribution is 2.23. The van der Waals surface area contributed by atoms with Gasteiger partial charge in [-0.15, -0.1) is 11.8 Å². The van der Waals surface area contributed by atoms with E-state index >= 15 is 0 Å². The van der Waals surface area contributed by atoms with E-state index in [1.165, 1.54) is 5.56 Å². The molecule has 1 aromatic carbocycles. The maximum atomic E-state index is 12.4. The molecule has 4 heteroatoms. The van der Waals surface area contributed by atoms with E-state index in [9.17, 15) is 4.79 Å². The number of carbonyl (C=O) groups is 1. The molecule has 0 spiro atoms. The zero-order valence-corrected chi connectivity index (χ0v) is 14.5. The average molecular weight is 356 g/mol. The first-order valence-electron chi connectivity index (χ1n) is 7.21. The molecule has 0 saturated carbocycles. The van der Waals surface area contributed by atoms with Crippen molar-refractivity contribution in [2.75, 3.05) is 13.1 Å². The summed E-state index contributed by atoms with van der Waals surface area (Å²) in [5.41, 5.74) is 1.26. The Hall–Kier alpha value is -0.480. The van der Waals surface area contributed by atoms with Crippen LogP contribution in [0.2, 0.25) is 0 Å². The van der Waals surface area contributed by atoms with Gasteiger partial charge in [0.2, 0.25) is 5.91 Å². The van der Waals surface area contributed by atoms with Crippen LogP contribution in [-0.2, 0) is 10.5 Å². The van der Waals surface area contributed by atoms with Gasteiger partial charge in [0.15, 0.2) is 0 Å². The number of piperidine rings is 1. The Labute approximate surface area is 134 Å². The summed E-state index contributed by atoms with van der Waals surface area (Å²) in [5, 5.41) is 0.0439. The predicted octanol–water partition coefficient (Wildman–Crippen LogP) is 4.33. The van der Waals surface area contributed by atoms with Gasteiger partial charge in [0, 0.05) is 23.3 Å². The number of nitrogens with zero attached hydrogens (tertiary/aromatic N) is 1. The minimum absolute atomic E-state index is 0.0439. The van der Waals surface area contributed by atoms with Crippen molar-refractivity contribution in [3.8, 4) is 0 Å². The normalized spacial score (nSPS) is 18.1. The van der Waals surface area contributed by atoms with Crippen molar-refractivity contribution in [2.45, 2.75) is 37.7 Å². The second kappa shape index (κ2) is 7.51. The van der Waals surface area contributed by atoms with Gasteiger partial charge in [0.25, 0.3) is 0 Å². The van der Waals surface area contributed by atoms with E-state index in [4.69, 9.17) is 0 Å². The Morgan fingerprint density at radius 2 is 2.15 bits per heavy atom. The fourth-order valence-electron chi connectivity index (χ4n) is 2.41. The van der Waals surface area contributed by atoms with Crippen LogP contribution in [0.15, 0.2) is 28.7 Å². The van der Waals surface area contributed by atoms with Crippen molar-refractivity contribution in [3.05, 3.63) is 34.3 Å². The minimum Gasteiger partial charge on any atom is -0.342 e. The molecule has 0 aliphatic carbocycles. The lowest BCUT2D eigenvalue weighted by molar-refractivity contribution is -0.131. The lowest BCUT2D eigenvalue weighted by Crippen LogP contribution is -2.41. The van der Waals surface area contributed by atoms with E-state index in [0.717, 1.165) is 42.1 Å². The Morgan fingerprint density at radius 1 is 1.45 bits per heavy atom. The number of amides is 1. The highest BCUT2D eigenvalue weighted by Gasteiger charge is 2.24. The molecule has 1 aromatic rings. The second-order valence-corrected chi connectivity index (χ2v) is 7.84. The summed E-state index contributed by atoms with van der Waals surface area (Å²) in [6.45, 7) is 6.17. The molecule has 0 N–H and O–H groups in total. The number of benzene rings is 1. The second-order valence-electron chi connectivity index (χ2n) is 5.59. The lowest BCUT2D eigenvalue weighted by atomic mass is 9.99. The van der Waals surface area contributed by atoms with Crippen molar-refractivity contribution in [2.24, 2.45) is 5.92 Å². The molecule has 1 aliphatic heterocycles. The van der Waals surface area contributed by atoms with E-state index in [0.29, 0.717) is 5.91 Å². The van der Waals surface area contributed by atoms with Crippen LogP contribution in [0.5, 0.6) is 0 Å². The quantitative estimate of drug-likeness (QED) is 0.800. The molecule has 0 bridgehead atoms. The predicted molar refractivity (Wildman–Crippen MR) is 89.9 cm³/mol. The number of carbonyl (C=O) groups excluding carboxylic acids is 1. The van der Waals surface area contributed by atoms with Crippen LogP contribution in [-0.4, -0.2) is 29.1 Å². The number of thioether (sulfide) groups is 1. The summed E-state index contributed by atoms with van der Waals surface area (Å²) < 4.78 is 1.10. The van der Waals surface area contributed by atoms with E-state index < -0.39 is 0 Å². The van der Waals surface area contributed by atoms with E-state index in [2.05, 4.69) is 35.0 Å². The highest BCUT2D eigenvalue weighted by atomic mass is 79.9. The first-order chi connectivity index (χ1) is 9.56. The molecule has 0 radical (unpaired) electrons. The van der Waals surface area contributed by atoms with Crippen molar-refractivity contribution >= 4 is 33.6 Å². The SMILES string of the molecule is CC1CCN(C(=O)C(C)SCc2cccc(Br)c2)CC1. The van der Waals surface area contributed by atoms with E-state index in [1.807, 2.05) is 24.0 Å². The monoisotopic (exact) mass is 355 g/mol. The highest BCUT2D eigenvalue weighted by molar-refractivity contribution is 9.10. The summed E-state index contributed by atoms with van der Waals surface area (Å²) in [6, 6.07) is 8.29. The standard InChI is InChI=1S/C16H22BrNOS/c1-12-6-8-18(9-7-12)16(19)13(2)20-11-14-4-3-5-15(17)10-14/h3-5,10,12-13H,6-9,11H2,1-2H3. The van der Waals surface area contributed by atoms with Crippen LogP contribution in [0.4, 0.5) is 0 Å². The van der Waals surface area contributed by atoms with Gasteiger partial charge in [-0.25, -0.2) is 0 Å². The fraction of sp³-hybridized carbons (Fsp3) is 0.562. The Morgan fingerprint density at radius 3 is 2.80 bits per heavy atom. The molecule has 1 heterocycles. The topological polar surface area (TPSA) is 20.3 Å². The van der Waals surface area contributed by atoms with Gasteiger partial charge in [-0.1, -0.05) is 35.0 Å². The molecule has 1 unspecified atom stereocenters. The summed E-state index contributed by atoms with van der Waals surface area (Å²) in [4.78, 5) is 14.4. The number of hydrogen-bond donors (Lipinski definition) is 0. The summed E-state index contributed by atoms with van der Waals surface area (Å²) >= 11 is 5.21. The third kappa shape index (κ3) is 4.52. The number of rotatable bonds is 4. The van der Waals surface area contributed by atoms with Crippen molar-refractivity contribution in [1.82, 2.24) is 4.90 Å². The Balaban J connectivity index is 1.82. The van der Waals surface area contributed by atoms with Crippen LogP contribution in [0.3, 0.4) is 0 Å². The Bertz CT molecular complexity index is 458. The summed E-state index contributed by atoms with van der Waals surface area (Å²) in [7, 11) is 0. The molecule has 1 aliphatic rings. The summed E-state index contributed by atoms with van der Waals surface area (Å²) in [5.74, 6) is 1.96. The van der Waals surface area contributed by atoms with Crippen LogP contribution in [0.25, 0.3) is 0 Å². The minimum atomic E-state index is 0.0439. The molecule has 0 aromatic heterocycles. The first kappa shape index (κ1) is 15.9. The lowest BCUT2D eigenvalue weighted by Gasteiger charge is -2.32. The third-order valence-electron chi connectivity index (χ3n) is 3.83. The molecule has 20 heavy (non-hydrogen) atoms. The van der Waals surface area contributed by atoms with Crippen LogP contribution in [0, 0.1) is 5.92 Å².